The monoisotopic (exact) mass is 277 g/mol. The van der Waals surface area contributed by atoms with Crippen LogP contribution < -0.4 is 10.9 Å². The van der Waals surface area contributed by atoms with Gasteiger partial charge in [0.25, 0.3) is 11.5 Å². The summed E-state index contributed by atoms with van der Waals surface area (Å²) in [6.07, 6.45) is 1.47. The van der Waals surface area contributed by atoms with Crippen LogP contribution in [0, 0.1) is 12.8 Å². The second-order valence-electron chi connectivity index (χ2n) is 5.17. The Bertz CT molecular complexity index is 697. The lowest BCUT2D eigenvalue weighted by Gasteiger charge is -2.07. The van der Waals surface area contributed by atoms with E-state index < -0.39 is 0 Å². The van der Waals surface area contributed by atoms with Crippen molar-refractivity contribution in [1.82, 2.24) is 14.9 Å². The first-order valence-electron chi connectivity index (χ1n) is 6.72. The second-order valence-corrected chi connectivity index (χ2v) is 5.17. The number of rotatable bonds is 4. The Hall–Kier alpha value is -2.11. The minimum Gasteiger partial charge on any atom is -0.442 e. The minimum atomic E-state index is -0.301. The molecule has 0 fully saturated rings. The average molecular weight is 277 g/mol. The summed E-state index contributed by atoms with van der Waals surface area (Å²) in [5.74, 6) is 0.427. The van der Waals surface area contributed by atoms with Gasteiger partial charge in [0.15, 0.2) is 0 Å². The van der Waals surface area contributed by atoms with Crippen molar-refractivity contribution in [2.75, 3.05) is 6.54 Å². The lowest BCUT2D eigenvalue weighted by Crippen LogP contribution is -2.27. The highest BCUT2D eigenvalue weighted by atomic mass is 16.3. The molecule has 0 aliphatic carbocycles. The van der Waals surface area contributed by atoms with Crippen LogP contribution in [0.3, 0.4) is 0 Å². The van der Waals surface area contributed by atoms with Gasteiger partial charge in [-0.3, -0.25) is 14.2 Å². The molecule has 0 aliphatic heterocycles. The number of hydrogen-bond acceptors (Lipinski definition) is 4. The SMILES string of the molecule is CCNC(=O)c1c(C)oc2ncn(CC(C)C)c(=O)c12. The molecule has 0 aromatic carbocycles. The van der Waals surface area contributed by atoms with Gasteiger partial charge in [-0.05, 0) is 19.8 Å². The first kappa shape index (κ1) is 14.3. The van der Waals surface area contributed by atoms with E-state index in [9.17, 15) is 9.59 Å². The van der Waals surface area contributed by atoms with Crippen molar-refractivity contribution < 1.29 is 9.21 Å². The fraction of sp³-hybridized carbons (Fsp3) is 0.500. The van der Waals surface area contributed by atoms with E-state index >= 15 is 0 Å². The molecule has 0 saturated carbocycles. The summed E-state index contributed by atoms with van der Waals surface area (Å²) >= 11 is 0. The van der Waals surface area contributed by atoms with Gasteiger partial charge in [-0.15, -0.1) is 0 Å². The van der Waals surface area contributed by atoms with E-state index in [0.29, 0.717) is 24.8 Å². The van der Waals surface area contributed by atoms with E-state index in [1.807, 2.05) is 20.8 Å². The van der Waals surface area contributed by atoms with Crippen LogP contribution in [0.1, 0.15) is 36.9 Å². The van der Waals surface area contributed by atoms with E-state index in [0.717, 1.165) is 0 Å². The van der Waals surface area contributed by atoms with Crippen LogP contribution in [0.5, 0.6) is 0 Å². The van der Waals surface area contributed by atoms with Crippen molar-refractivity contribution >= 4 is 17.0 Å². The largest absolute Gasteiger partial charge is 0.442 e. The molecular formula is C14H19N3O3. The highest BCUT2D eigenvalue weighted by molar-refractivity contribution is 6.06. The maximum atomic E-state index is 12.5. The quantitative estimate of drug-likeness (QED) is 0.922. The molecule has 2 rings (SSSR count). The van der Waals surface area contributed by atoms with Crippen LogP contribution in [0.25, 0.3) is 11.1 Å². The summed E-state index contributed by atoms with van der Waals surface area (Å²) in [6.45, 7) is 8.57. The Morgan fingerprint density at radius 1 is 1.50 bits per heavy atom. The Balaban J connectivity index is 2.66. The summed E-state index contributed by atoms with van der Waals surface area (Å²) in [6, 6.07) is 0. The number of carbonyl (C=O) groups excluding carboxylic acids is 1. The predicted octanol–water partition coefficient (Wildman–Crippen LogP) is 1.70. The standard InChI is InChI=1S/C14H19N3O3/c1-5-15-12(18)10-9(4)20-13-11(10)14(19)17(7-16-13)6-8(2)3/h7-8H,5-6H2,1-4H3,(H,15,18). The molecule has 0 aliphatic rings. The van der Waals surface area contributed by atoms with Crippen LogP contribution in [0.2, 0.25) is 0 Å². The zero-order valence-corrected chi connectivity index (χ0v) is 12.2. The Kier molecular flexibility index (Phi) is 3.92. The van der Waals surface area contributed by atoms with Crippen molar-refractivity contribution in [3.8, 4) is 0 Å². The number of nitrogens with one attached hydrogen (secondary N) is 1. The Labute approximate surface area is 116 Å². The highest BCUT2D eigenvalue weighted by Gasteiger charge is 2.22. The van der Waals surface area contributed by atoms with Gasteiger partial charge in [0, 0.05) is 13.1 Å². The first-order chi connectivity index (χ1) is 9.45. The summed E-state index contributed by atoms with van der Waals surface area (Å²) in [5, 5.41) is 2.95. The molecule has 1 N–H and O–H groups in total. The maximum Gasteiger partial charge on any atom is 0.265 e. The van der Waals surface area contributed by atoms with Crippen molar-refractivity contribution in [3.63, 3.8) is 0 Å². The summed E-state index contributed by atoms with van der Waals surface area (Å²) < 4.78 is 6.94. The van der Waals surface area contributed by atoms with E-state index in [1.54, 1.807) is 6.92 Å². The molecule has 20 heavy (non-hydrogen) atoms. The number of carbonyl (C=O) groups is 1. The summed E-state index contributed by atoms with van der Waals surface area (Å²) in [7, 11) is 0. The molecule has 6 nitrogen and oxygen atoms in total. The third-order valence-corrected chi connectivity index (χ3v) is 2.98. The molecule has 0 atom stereocenters. The zero-order chi connectivity index (χ0) is 14.9. The second kappa shape index (κ2) is 5.48. The molecule has 0 saturated heterocycles. The first-order valence-corrected chi connectivity index (χ1v) is 6.72. The van der Waals surface area contributed by atoms with Crippen molar-refractivity contribution in [2.45, 2.75) is 34.2 Å². The minimum absolute atomic E-state index is 0.216. The molecule has 0 radical (unpaired) electrons. The van der Waals surface area contributed by atoms with Gasteiger partial charge in [-0.25, -0.2) is 4.98 Å². The predicted molar refractivity (Wildman–Crippen MR) is 75.9 cm³/mol. The van der Waals surface area contributed by atoms with Crippen LogP contribution in [-0.2, 0) is 6.54 Å². The van der Waals surface area contributed by atoms with Gasteiger partial charge >= 0.3 is 0 Å². The summed E-state index contributed by atoms with van der Waals surface area (Å²) in [4.78, 5) is 28.7. The fourth-order valence-electron chi connectivity index (χ4n) is 2.18. The lowest BCUT2D eigenvalue weighted by molar-refractivity contribution is 0.0955. The Morgan fingerprint density at radius 2 is 2.20 bits per heavy atom. The van der Waals surface area contributed by atoms with Crippen molar-refractivity contribution in [3.05, 3.63) is 28.0 Å². The highest BCUT2D eigenvalue weighted by Crippen LogP contribution is 2.20. The van der Waals surface area contributed by atoms with Gasteiger partial charge in [0.2, 0.25) is 5.71 Å². The molecule has 0 bridgehead atoms. The molecule has 0 spiro atoms. The number of aromatic nitrogens is 2. The smallest absolute Gasteiger partial charge is 0.265 e. The van der Waals surface area contributed by atoms with Gasteiger partial charge < -0.3 is 9.73 Å². The van der Waals surface area contributed by atoms with Crippen LogP contribution in [-0.4, -0.2) is 22.0 Å². The molecule has 108 valence electrons. The van der Waals surface area contributed by atoms with Crippen molar-refractivity contribution in [2.24, 2.45) is 5.92 Å². The number of furan rings is 1. The van der Waals surface area contributed by atoms with E-state index in [1.165, 1.54) is 10.9 Å². The van der Waals surface area contributed by atoms with Crippen LogP contribution in [0.15, 0.2) is 15.5 Å². The Morgan fingerprint density at radius 3 is 2.80 bits per heavy atom. The van der Waals surface area contributed by atoms with E-state index in [-0.39, 0.29) is 28.1 Å². The average Bonchev–Trinajstić information content (AvgIpc) is 2.70. The number of amides is 1. The molecule has 1 amide bonds. The van der Waals surface area contributed by atoms with Gasteiger partial charge in [0.1, 0.15) is 17.5 Å². The van der Waals surface area contributed by atoms with E-state index in [4.69, 9.17) is 4.42 Å². The van der Waals surface area contributed by atoms with E-state index in [2.05, 4.69) is 10.3 Å². The molecule has 6 heteroatoms. The molecule has 2 heterocycles. The van der Waals surface area contributed by atoms with Gasteiger partial charge in [0.05, 0.1) is 5.56 Å². The molecular weight excluding hydrogens is 258 g/mol. The maximum absolute atomic E-state index is 12.5. The number of aryl methyl sites for hydroxylation is 1. The summed E-state index contributed by atoms with van der Waals surface area (Å²) in [5.41, 5.74) is 0.271. The molecule has 2 aromatic rings. The van der Waals surface area contributed by atoms with Gasteiger partial charge in [-0.1, -0.05) is 13.8 Å². The normalized spacial score (nSPS) is 11.2. The number of fused-ring (bicyclic) bond motifs is 1. The molecule has 0 unspecified atom stereocenters. The number of hydrogen-bond donors (Lipinski definition) is 1. The van der Waals surface area contributed by atoms with Crippen LogP contribution in [0.4, 0.5) is 0 Å². The number of nitrogens with zero attached hydrogens (tertiary/aromatic N) is 2. The van der Waals surface area contributed by atoms with Gasteiger partial charge in [-0.2, -0.15) is 0 Å². The van der Waals surface area contributed by atoms with Crippen LogP contribution >= 0.6 is 0 Å². The zero-order valence-electron chi connectivity index (χ0n) is 12.2. The fourth-order valence-corrected chi connectivity index (χ4v) is 2.18. The lowest BCUT2D eigenvalue weighted by atomic mass is 10.1. The topological polar surface area (TPSA) is 77.1 Å². The third-order valence-electron chi connectivity index (χ3n) is 2.98. The molecule has 2 aromatic heterocycles. The third kappa shape index (κ3) is 2.45. The van der Waals surface area contributed by atoms with Crippen molar-refractivity contribution in [1.29, 1.82) is 0 Å².